The molecule has 0 saturated heterocycles. The Balaban J connectivity index is 1.93. The zero-order valence-corrected chi connectivity index (χ0v) is 12.2. The normalized spacial score (nSPS) is 12.4. The number of hydrogen-bond donors (Lipinski definition) is 1. The standard InChI is InChI=1S/C15H19FN4O/c1-11(2)14(10-20-17-7-8-18-20)19-15(21)9-12-3-5-13(16)6-4-12/h3-8,11,14H,9-10H2,1-2H3,(H,19,21)/t14-/m1/s1. The van der Waals surface area contributed by atoms with Gasteiger partial charge < -0.3 is 5.32 Å². The first-order valence-electron chi connectivity index (χ1n) is 6.92. The summed E-state index contributed by atoms with van der Waals surface area (Å²) in [5.41, 5.74) is 0.786. The lowest BCUT2D eigenvalue weighted by Crippen LogP contribution is -2.42. The molecule has 2 rings (SSSR count). The third-order valence-electron chi connectivity index (χ3n) is 3.26. The van der Waals surface area contributed by atoms with Gasteiger partial charge in [-0.25, -0.2) is 4.39 Å². The molecule has 21 heavy (non-hydrogen) atoms. The van der Waals surface area contributed by atoms with Crippen LogP contribution in [0.25, 0.3) is 0 Å². The van der Waals surface area contributed by atoms with Crippen LogP contribution in [-0.4, -0.2) is 26.9 Å². The number of nitrogens with zero attached hydrogens (tertiary/aromatic N) is 3. The van der Waals surface area contributed by atoms with E-state index < -0.39 is 0 Å². The smallest absolute Gasteiger partial charge is 0.224 e. The van der Waals surface area contributed by atoms with Crippen LogP contribution in [0.3, 0.4) is 0 Å². The Kier molecular flexibility index (Phi) is 5.03. The van der Waals surface area contributed by atoms with Crippen LogP contribution in [0, 0.1) is 11.7 Å². The molecule has 1 aromatic carbocycles. The Morgan fingerprint density at radius 3 is 2.43 bits per heavy atom. The minimum Gasteiger partial charge on any atom is -0.351 e. The fraction of sp³-hybridized carbons (Fsp3) is 0.400. The molecule has 1 atom stereocenters. The molecule has 0 unspecified atom stereocenters. The van der Waals surface area contributed by atoms with E-state index in [2.05, 4.69) is 15.5 Å². The second-order valence-electron chi connectivity index (χ2n) is 5.31. The predicted molar refractivity (Wildman–Crippen MR) is 76.9 cm³/mol. The van der Waals surface area contributed by atoms with Crippen LogP contribution < -0.4 is 5.32 Å². The van der Waals surface area contributed by atoms with Crippen LogP contribution in [0.15, 0.2) is 36.7 Å². The topological polar surface area (TPSA) is 59.8 Å². The van der Waals surface area contributed by atoms with Crippen molar-refractivity contribution in [2.75, 3.05) is 0 Å². The maximum absolute atomic E-state index is 12.8. The van der Waals surface area contributed by atoms with Crippen LogP contribution in [0.2, 0.25) is 0 Å². The Labute approximate surface area is 123 Å². The van der Waals surface area contributed by atoms with Gasteiger partial charge in [0.05, 0.1) is 31.4 Å². The molecule has 0 fully saturated rings. The zero-order chi connectivity index (χ0) is 15.2. The first-order valence-corrected chi connectivity index (χ1v) is 6.92. The predicted octanol–water partition coefficient (Wildman–Crippen LogP) is 1.80. The van der Waals surface area contributed by atoms with Crippen LogP contribution in [0.1, 0.15) is 19.4 Å². The van der Waals surface area contributed by atoms with Crippen molar-refractivity contribution in [1.29, 1.82) is 0 Å². The van der Waals surface area contributed by atoms with Crippen molar-refractivity contribution in [3.8, 4) is 0 Å². The Morgan fingerprint density at radius 2 is 1.86 bits per heavy atom. The Morgan fingerprint density at radius 1 is 1.24 bits per heavy atom. The van der Waals surface area contributed by atoms with Gasteiger partial charge in [0.15, 0.2) is 0 Å². The van der Waals surface area contributed by atoms with E-state index in [1.165, 1.54) is 12.1 Å². The van der Waals surface area contributed by atoms with Gasteiger partial charge in [-0.2, -0.15) is 15.0 Å². The number of amides is 1. The Bertz CT molecular complexity index is 566. The Hall–Kier alpha value is -2.24. The highest BCUT2D eigenvalue weighted by Crippen LogP contribution is 2.07. The second kappa shape index (κ2) is 6.97. The third-order valence-corrected chi connectivity index (χ3v) is 3.26. The van der Waals surface area contributed by atoms with E-state index in [0.717, 1.165) is 5.56 Å². The fourth-order valence-electron chi connectivity index (χ4n) is 1.98. The minimum absolute atomic E-state index is 0.0506. The highest BCUT2D eigenvalue weighted by Gasteiger charge is 2.17. The van der Waals surface area contributed by atoms with Crippen LogP contribution >= 0.6 is 0 Å². The van der Waals surface area contributed by atoms with E-state index in [9.17, 15) is 9.18 Å². The van der Waals surface area contributed by atoms with Crippen molar-refractivity contribution in [3.05, 3.63) is 48.0 Å². The molecule has 1 heterocycles. The lowest BCUT2D eigenvalue weighted by atomic mass is 10.0. The van der Waals surface area contributed by atoms with E-state index in [0.29, 0.717) is 6.54 Å². The molecular formula is C15H19FN4O. The molecule has 0 aliphatic carbocycles. The van der Waals surface area contributed by atoms with E-state index in [1.54, 1.807) is 29.3 Å². The maximum Gasteiger partial charge on any atom is 0.224 e. The monoisotopic (exact) mass is 290 g/mol. The van der Waals surface area contributed by atoms with E-state index in [4.69, 9.17) is 0 Å². The van der Waals surface area contributed by atoms with Gasteiger partial charge in [0.2, 0.25) is 5.91 Å². The molecule has 0 spiro atoms. The molecule has 2 aromatic rings. The van der Waals surface area contributed by atoms with Crippen molar-refractivity contribution in [2.24, 2.45) is 5.92 Å². The SMILES string of the molecule is CC(C)[C@@H](Cn1nccn1)NC(=O)Cc1ccc(F)cc1. The number of carbonyl (C=O) groups is 1. The summed E-state index contributed by atoms with van der Waals surface area (Å²) in [6, 6.07) is 5.90. The quantitative estimate of drug-likeness (QED) is 0.882. The van der Waals surface area contributed by atoms with Crippen molar-refractivity contribution in [1.82, 2.24) is 20.3 Å². The van der Waals surface area contributed by atoms with E-state index in [1.807, 2.05) is 13.8 Å². The molecule has 5 nitrogen and oxygen atoms in total. The number of rotatable bonds is 6. The molecule has 0 radical (unpaired) electrons. The number of halogens is 1. The largest absolute Gasteiger partial charge is 0.351 e. The van der Waals surface area contributed by atoms with Gasteiger partial charge in [-0.1, -0.05) is 26.0 Å². The van der Waals surface area contributed by atoms with Gasteiger partial charge in [-0.05, 0) is 23.6 Å². The van der Waals surface area contributed by atoms with E-state index >= 15 is 0 Å². The van der Waals surface area contributed by atoms with Gasteiger partial charge in [0.25, 0.3) is 0 Å². The summed E-state index contributed by atoms with van der Waals surface area (Å²) in [4.78, 5) is 13.6. The number of carbonyl (C=O) groups excluding carboxylic acids is 1. The molecule has 0 aliphatic heterocycles. The molecule has 6 heteroatoms. The highest BCUT2D eigenvalue weighted by atomic mass is 19.1. The summed E-state index contributed by atoms with van der Waals surface area (Å²) in [5.74, 6) is -0.135. The lowest BCUT2D eigenvalue weighted by molar-refractivity contribution is -0.121. The average Bonchev–Trinajstić information content (AvgIpc) is 2.93. The van der Waals surface area contributed by atoms with E-state index in [-0.39, 0.29) is 30.1 Å². The average molecular weight is 290 g/mol. The summed E-state index contributed by atoms with van der Waals surface area (Å²) >= 11 is 0. The molecule has 1 amide bonds. The number of benzene rings is 1. The lowest BCUT2D eigenvalue weighted by Gasteiger charge is -2.21. The summed E-state index contributed by atoms with van der Waals surface area (Å²) < 4.78 is 12.8. The number of hydrogen-bond acceptors (Lipinski definition) is 3. The van der Waals surface area contributed by atoms with Crippen molar-refractivity contribution in [2.45, 2.75) is 32.9 Å². The van der Waals surface area contributed by atoms with Crippen LogP contribution in [0.4, 0.5) is 4.39 Å². The third kappa shape index (κ3) is 4.66. The van der Waals surface area contributed by atoms with Gasteiger partial charge in [0.1, 0.15) is 5.82 Å². The summed E-state index contributed by atoms with van der Waals surface area (Å²) in [5, 5.41) is 11.1. The summed E-state index contributed by atoms with van der Waals surface area (Å²) in [6.07, 6.45) is 3.45. The van der Waals surface area contributed by atoms with Gasteiger partial charge in [-0.3, -0.25) is 4.79 Å². The first kappa shape index (κ1) is 15.2. The van der Waals surface area contributed by atoms with Crippen molar-refractivity contribution in [3.63, 3.8) is 0 Å². The highest BCUT2D eigenvalue weighted by molar-refractivity contribution is 5.78. The van der Waals surface area contributed by atoms with Crippen molar-refractivity contribution < 1.29 is 9.18 Å². The molecule has 112 valence electrons. The fourth-order valence-corrected chi connectivity index (χ4v) is 1.98. The van der Waals surface area contributed by atoms with Gasteiger partial charge in [-0.15, -0.1) is 0 Å². The summed E-state index contributed by atoms with van der Waals surface area (Å²) in [6.45, 7) is 4.60. The zero-order valence-electron chi connectivity index (χ0n) is 12.2. The minimum atomic E-state index is -0.302. The number of nitrogens with one attached hydrogen (secondary N) is 1. The van der Waals surface area contributed by atoms with Gasteiger partial charge in [0, 0.05) is 0 Å². The van der Waals surface area contributed by atoms with Gasteiger partial charge >= 0.3 is 0 Å². The summed E-state index contributed by atoms with van der Waals surface area (Å²) in [7, 11) is 0. The molecule has 0 saturated carbocycles. The molecular weight excluding hydrogens is 271 g/mol. The van der Waals surface area contributed by atoms with Crippen molar-refractivity contribution >= 4 is 5.91 Å². The molecule has 0 bridgehead atoms. The molecule has 0 aliphatic rings. The van der Waals surface area contributed by atoms with Crippen LogP contribution in [0.5, 0.6) is 0 Å². The molecule has 1 aromatic heterocycles. The van der Waals surface area contributed by atoms with Crippen LogP contribution in [-0.2, 0) is 17.8 Å². The maximum atomic E-state index is 12.8. The number of aromatic nitrogens is 3. The first-order chi connectivity index (χ1) is 10.0. The second-order valence-corrected chi connectivity index (χ2v) is 5.31. The molecule has 1 N–H and O–H groups in total.